The average Bonchev–Trinajstić information content (AvgIpc) is 2.97. The zero-order valence-corrected chi connectivity index (χ0v) is 16.3. The van der Waals surface area contributed by atoms with E-state index < -0.39 is 6.04 Å². The lowest BCUT2D eigenvalue weighted by molar-refractivity contribution is -0.123. The van der Waals surface area contributed by atoms with Crippen LogP contribution in [-0.4, -0.2) is 41.1 Å². The quantitative estimate of drug-likeness (QED) is 0.744. The fourth-order valence-corrected chi connectivity index (χ4v) is 3.23. The predicted molar refractivity (Wildman–Crippen MR) is 100 cm³/mol. The van der Waals surface area contributed by atoms with Gasteiger partial charge in [-0.2, -0.15) is 5.26 Å². The number of allylic oxidation sites excluding steroid dienone is 1. The number of carbonyl (C=O) groups excluding carboxylic acids is 2. The van der Waals surface area contributed by atoms with Crippen LogP contribution in [0.2, 0.25) is 0 Å². The van der Waals surface area contributed by atoms with E-state index in [1.807, 2.05) is 40.0 Å². The number of amides is 3. The smallest absolute Gasteiger partial charge is 0.322 e. The highest BCUT2D eigenvalue weighted by Crippen LogP contribution is 2.29. The van der Waals surface area contributed by atoms with Crippen LogP contribution in [0.4, 0.5) is 4.79 Å². The third kappa shape index (κ3) is 5.33. The second-order valence-corrected chi connectivity index (χ2v) is 7.16. The molecule has 1 aromatic heterocycles. The minimum Gasteiger partial charge on any atom is -0.361 e. The fraction of sp³-hybridized carbons (Fsp3) is 0.579. The third-order valence-corrected chi connectivity index (χ3v) is 4.44. The van der Waals surface area contributed by atoms with Gasteiger partial charge in [0.2, 0.25) is 5.91 Å². The maximum Gasteiger partial charge on any atom is 0.322 e. The Bertz CT molecular complexity index is 740. The Morgan fingerprint density at radius 3 is 2.74 bits per heavy atom. The van der Waals surface area contributed by atoms with E-state index in [0.29, 0.717) is 13.0 Å². The molecule has 27 heavy (non-hydrogen) atoms. The number of hydrogen-bond donors (Lipinski definition) is 2. The molecule has 2 rings (SSSR count). The SMILES string of the molecule is Cc1noc(C)c1C1=CN(C(=O)NC(CC(C)C)C(=O)NCC#N)CCC1. The van der Waals surface area contributed by atoms with Gasteiger partial charge in [-0.3, -0.25) is 4.79 Å². The lowest BCUT2D eigenvalue weighted by atomic mass is 9.98. The number of urea groups is 1. The molecule has 1 aliphatic heterocycles. The summed E-state index contributed by atoms with van der Waals surface area (Å²) in [7, 11) is 0. The highest BCUT2D eigenvalue weighted by molar-refractivity contribution is 5.88. The summed E-state index contributed by atoms with van der Waals surface area (Å²) in [6, 6.07) is 0.876. The van der Waals surface area contributed by atoms with Crippen molar-refractivity contribution in [2.45, 2.75) is 53.0 Å². The summed E-state index contributed by atoms with van der Waals surface area (Å²) in [5, 5.41) is 18.0. The summed E-state index contributed by atoms with van der Waals surface area (Å²) < 4.78 is 5.23. The van der Waals surface area contributed by atoms with Crippen molar-refractivity contribution in [3.8, 4) is 6.07 Å². The fourth-order valence-electron chi connectivity index (χ4n) is 3.23. The molecule has 1 unspecified atom stereocenters. The molecule has 0 spiro atoms. The molecule has 3 amide bonds. The molecule has 0 aromatic carbocycles. The second-order valence-electron chi connectivity index (χ2n) is 7.16. The molecular formula is C19H27N5O3. The lowest BCUT2D eigenvalue weighted by Crippen LogP contribution is -2.51. The van der Waals surface area contributed by atoms with Gasteiger partial charge in [0.05, 0.1) is 11.8 Å². The van der Waals surface area contributed by atoms with E-state index in [1.54, 1.807) is 4.90 Å². The molecule has 0 aliphatic carbocycles. The van der Waals surface area contributed by atoms with Gasteiger partial charge in [0, 0.05) is 18.3 Å². The molecule has 2 N–H and O–H groups in total. The van der Waals surface area contributed by atoms with Gasteiger partial charge in [-0.1, -0.05) is 19.0 Å². The maximum absolute atomic E-state index is 12.7. The first kappa shape index (κ1) is 20.5. The van der Waals surface area contributed by atoms with Crippen LogP contribution in [0.1, 0.15) is 50.1 Å². The van der Waals surface area contributed by atoms with Crippen LogP contribution in [0.15, 0.2) is 10.7 Å². The Labute approximate surface area is 159 Å². The zero-order chi connectivity index (χ0) is 20.0. The minimum atomic E-state index is -0.677. The van der Waals surface area contributed by atoms with Crippen molar-refractivity contribution >= 4 is 17.5 Å². The molecule has 1 aliphatic rings. The molecular weight excluding hydrogens is 346 g/mol. The van der Waals surface area contributed by atoms with Gasteiger partial charge >= 0.3 is 6.03 Å². The van der Waals surface area contributed by atoms with Crippen molar-refractivity contribution in [3.05, 3.63) is 23.2 Å². The molecule has 8 heteroatoms. The van der Waals surface area contributed by atoms with Gasteiger partial charge in [-0.05, 0) is 44.6 Å². The highest BCUT2D eigenvalue weighted by atomic mass is 16.5. The Morgan fingerprint density at radius 2 is 2.15 bits per heavy atom. The van der Waals surface area contributed by atoms with Crippen molar-refractivity contribution in [1.82, 2.24) is 20.7 Å². The van der Waals surface area contributed by atoms with Gasteiger partial charge in [-0.15, -0.1) is 0 Å². The predicted octanol–water partition coefficient (Wildman–Crippen LogP) is 2.49. The molecule has 146 valence electrons. The van der Waals surface area contributed by atoms with Crippen molar-refractivity contribution in [2.75, 3.05) is 13.1 Å². The summed E-state index contributed by atoms with van der Waals surface area (Å²) in [6.07, 6.45) is 3.96. The normalized spacial score (nSPS) is 15.1. The summed E-state index contributed by atoms with van der Waals surface area (Å²) in [5.74, 6) is 0.609. The second kappa shape index (κ2) is 9.21. The molecule has 0 bridgehead atoms. The summed E-state index contributed by atoms with van der Waals surface area (Å²) >= 11 is 0. The Hall–Kier alpha value is -2.82. The van der Waals surface area contributed by atoms with Crippen molar-refractivity contribution < 1.29 is 14.1 Å². The molecule has 1 aromatic rings. The number of nitrogens with one attached hydrogen (secondary N) is 2. The summed E-state index contributed by atoms with van der Waals surface area (Å²) in [5.41, 5.74) is 2.74. The van der Waals surface area contributed by atoms with Crippen molar-refractivity contribution in [2.24, 2.45) is 5.92 Å². The molecule has 0 saturated carbocycles. The number of aromatic nitrogens is 1. The number of rotatable bonds is 6. The van der Waals surface area contributed by atoms with E-state index >= 15 is 0 Å². The van der Waals surface area contributed by atoms with Gasteiger partial charge in [0.15, 0.2) is 0 Å². The van der Waals surface area contributed by atoms with Crippen molar-refractivity contribution in [3.63, 3.8) is 0 Å². The first-order valence-corrected chi connectivity index (χ1v) is 9.19. The van der Waals surface area contributed by atoms with Crippen LogP contribution in [0.3, 0.4) is 0 Å². The van der Waals surface area contributed by atoms with Crippen LogP contribution in [-0.2, 0) is 4.79 Å². The molecule has 0 saturated heterocycles. The average molecular weight is 373 g/mol. The molecule has 8 nitrogen and oxygen atoms in total. The van der Waals surface area contributed by atoms with Crippen molar-refractivity contribution in [1.29, 1.82) is 5.26 Å². The molecule has 2 heterocycles. The third-order valence-electron chi connectivity index (χ3n) is 4.44. The van der Waals surface area contributed by atoms with E-state index in [4.69, 9.17) is 9.78 Å². The van der Waals surface area contributed by atoms with E-state index in [1.165, 1.54) is 0 Å². The number of aryl methyl sites for hydroxylation is 2. The topological polar surface area (TPSA) is 111 Å². The summed E-state index contributed by atoms with van der Waals surface area (Å²) in [6.45, 7) is 8.19. The molecule has 1 atom stereocenters. The van der Waals surface area contributed by atoms with Crippen LogP contribution in [0.5, 0.6) is 0 Å². The minimum absolute atomic E-state index is 0.0803. The lowest BCUT2D eigenvalue weighted by Gasteiger charge is -2.28. The number of carbonyl (C=O) groups is 2. The summed E-state index contributed by atoms with van der Waals surface area (Å²) in [4.78, 5) is 26.6. The number of nitriles is 1. The standard InChI is InChI=1S/C19H27N5O3/c1-12(2)10-16(18(25)21-8-7-20)22-19(26)24-9-5-6-15(11-24)17-13(3)23-27-14(17)4/h11-12,16H,5-6,8-10H2,1-4H3,(H,21,25)(H,22,26). The Balaban J connectivity index is 2.13. The van der Waals surface area contributed by atoms with E-state index in [2.05, 4.69) is 15.8 Å². The van der Waals surface area contributed by atoms with E-state index in [0.717, 1.165) is 35.4 Å². The van der Waals surface area contributed by atoms with E-state index in [9.17, 15) is 9.59 Å². The Morgan fingerprint density at radius 1 is 1.41 bits per heavy atom. The maximum atomic E-state index is 12.7. The number of hydrogen-bond acceptors (Lipinski definition) is 5. The largest absolute Gasteiger partial charge is 0.361 e. The zero-order valence-electron chi connectivity index (χ0n) is 16.3. The van der Waals surface area contributed by atoms with Gasteiger partial charge in [-0.25, -0.2) is 4.79 Å². The highest BCUT2D eigenvalue weighted by Gasteiger charge is 2.26. The van der Waals surface area contributed by atoms with Gasteiger partial charge in [0.1, 0.15) is 18.3 Å². The van der Waals surface area contributed by atoms with Crippen LogP contribution in [0.25, 0.3) is 5.57 Å². The molecule has 0 fully saturated rings. The van der Waals surface area contributed by atoms with Crippen LogP contribution >= 0.6 is 0 Å². The number of nitrogens with zero attached hydrogens (tertiary/aromatic N) is 3. The molecule has 0 radical (unpaired) electrons. The first-order chi connectivity index (χ1) is 12.8. The van der Waals surface area contributed by atoms with E-state index in [-0.39, 0.29) is 24.4 Å². The van der Waals surface area contributed by atoms with Gasteiger partial charge < -0.3 is 20.1 Å². The van der Waals surface area contributed by atoms with Crippen LogP contribution in [0, 0.1) is 31.1 Å². The van der Waals surface area contributed by atoms with Gasteiger partial charge in [0.25, 0.3) is 0 Å². The monoisotopic (exact) mass is 373 g/mol. The first-order valence-electron chi connectivity index (χ1n) is 9.19. The Kier molecular flexibility index (Phi) is 6.99. The van der Waals surface area contributed by atoms with Crippen LogP contribution < -0.4 is 10.6 Å².